The Labute approximate surface area is 205 Å². The van der Waals surface area contributed by atoms with E-state index in [-0.39, 0.29) is 24.7 Å². The van der Waals surface area contributed by atoms with E-state index in [2.05, 4.69) is 16.0 Å². The number of nitrogens with zero attached hydrogens (tertiary/aromatic N) is 2. The molecule has 1 aromatic carbocycles. The second kappa shape index (κ2) is 13.0. The van der Waals surface area contributed by atoms with E-state index >= 15 is 0 Å². The molecule has 0 saturated carbocycles. The van der Waals surface area contributed by atoms with Crippen LogP contribution in [0.5, 0.6) is 0 Å². The monoisotopic (exact) mass is 489 g/mol. The number of nitrogens with one attached hydrogen (secondary N) is 3. The highest BCUT2D eigenvalue weighted by atomic mass is 16.3. The third kappa shape index (κ3) is 7.86. The quantitative estimate of drug-likeness (QED) is 0.311. The zero-order valence-corrected chi connectivity index (χ0v) is 20.6. The molecule has 2 rings (SSSR count). The van der Waals surface area contributed by atoms with Crippen LogP contribution in [-0.4, -0.2) is 96.7 Å². The standard InChI is InChI=1S/C24H35N5O6/c1-5-9-17(26-22(33)18-12-16(30)14-29(18)4)21(32)23(34)25-13-19(31)27-20(24(35)28(2)3)15-10-7-6-8-11-15/h6-8,10-11,17-18,20-21,32H,5,9,12-14H2,1-4H3,(H,25,34)(H,26,33)(H,27,31)/t17?,18-,20-,21?/m0/s1. The minimum absolute atomic E-state index is 0.0504. The molecule has 4 amide bonds. The van der Waals surface area contributed by atoms with Crippen LogP contribution < -0.4 is 16.0 Å². The molecular formula is C24H35N5O6. The molecule has 4 atom stereocenters. The Balaban J connectivity index is 1.96. The molecule has 192 valence electrons. The molecule has 0 spiro atoms. The molecule has 35 heavy (non-hydrogen) atoms. The molecule has 1 aromatic rings. The zero-order chi connectivity index (χ0) is 26.1. The fourth-order valence-electron chi connectivity index (χ4n) is 3.87. The summed E-state index contributed by atoms with van der Waals surface area (Å²) in [4.78, 5) is 64.8. The number of benzene rings is 1. The number of rotatable bonds is 11. The van der Waals surface area contributed by atoms with E-state index in [0.717, 1.165) is 0 Å². The Bertz CT molecular complexity index is 922. The van der Waals surface area contributed by atoms with Crippen molar-refractivity contribution in [1.82, 2.24) is 25.8 Å². The molecule has 4 N–H and O–H groups in total. The van der Waals surface area contributed by atoms with Gasteiger partial charge in [-0.05, 0) is 19.0 Å². The van der Waals surface area contributed by atoms with E-state index in [1.54, 1.807) is 56.4 Å². The minimum atomic E-state index is -1.59. The topological polar surface area (TPSA) is 148 Å². The lowest BCUT2D eigenvalue weighted by Gasteiger charge is -2.26. The second-order valence-electron chi connectivity index (χ2n) is 8.88. The molecule has 1 aliphatic heterocycles. The molecule has 11 heteroatoms. The maximum Gasteiger partial charge on any atom is 0.251 e. The number of aliphatic hydroxyl groups is 1. The van der Waals surface area contributed by atoms with Gasteiger partial charge in [0.2, 0.25) is 17.7 Å². The van der Waals surface area contributed by atoms with Gasteiger partial charge in [-0.2, -0.15) is 0 Å². The summed E-state index contributed by atoms with van der Waals surface area (Å²) in [7, 11) is 4.81. The summed E-state index contributed by atoms with van der Waals surface area (Å²) >= 11 is 0. The van der Waals surface area contributed by atoms with Gasteiger partial charge in [0.25, 0.3) is 5.91 Å². The molecule has 11 nitrogen and oxygen atoms in total. The molecule has 1 fully saturated rings. The highest BCUT2D eigenvalue weighted by Crippen LogP contribution is 2.15. The van der Waals surface area contributed by atoms with Crippen molar-refractivity contribution in [3.05, 3.63) is 35.9 Å². The van der Waals surface area contributed by atoms with Crippen LogP contribution >= 0.6 is 0 Å². The smallest absolute Gasteiger partial charge is 0.251 e. The average Bonchev–Trinajstić information content (AvgIpc) is 3.18. The van der Waals surface area contributed by atoms with Gasteiger partial charge in [-0.1, -0.05) is 43.7 Å². The van der Waals surface area contributed by atoms with E-state index < -0.39 is 48.5 Å². The maximum atomic E-state index is 12.6. The lowest BCUT2D eigenvalue weighted by molar-refractivity contribution is -0.136. The van der Waals surface area contributed by atoms with Crippen molar-refractivity contribution >= 4 is 29.4 Å². The van der Waals surface area contributed by atoms with Crippen molar-refractivity contribution in [3.8, 4) is 0 Å². The highest BCUT2D eigenvalue weighted by Gasteiger charge is 2.36. The summed E-state index contributed by atoms with van der Waals surface area (Å²) in [5, 5.41) is 18.2. The number of carbonyl (C=O) groups is 5. The molecule has 0 aliphatic carbocycles. The van der Waals surface area contributed by atoms with Gasteiger partial charge in [-0.15, -0.1) is 0 Å². The van der Waals surface area contributed by atoms with Crippen LogP contribution in [-0.2, 0) is 24.0 Å². The first kappa shape index (κ1) is 27.9. The number of ketones is 1. The summed E-state index contributed by atoms with van der Waals surface area (Å²) in [6.07, 6.45) is -0.606. The minimum Gasteiger partial charge on any atom is -0.381 e. The van der Waals surface area contributed by atoms with Gasteiger partial charge in [0.15, 0.2) is 6.10 Å². The SMILES string of the molecule is CCCC(NC(=O)[C@@H]1CC(=O)CN1C)C(O)C(=O)NCC(=O)N[C@H](C(=O)N(C)C)c1ccccc1. The van der Waals surface area contributed by atoms with Crippen LogP contribution in [0.2, 0.25) is 0 Å². The van der Waals surface area contributed by atoms with Crippen LogP contribution in [0.3, 0.4) is 0 Å². The second-order valence-corrected chi connectivity index (χ2v) is 8.88. The first-order valence-electron chi connectivity index (χ1n) is 11.6. The Morgan fingerprint density at radius 2 is 1.80 bits per heavy atom. The maximum absolute atomic E-state index is 12.6. The number of likely N-dealkylation sites (tertiary alicyclic amines) is 1. The molecule has 0 radical (unpaired) electrons. The first-order chi connectivity index (χ1) is 16.5. The Morgan fingerprint density at radius 3 is 2.34 bits per heavy atom. The molecule has 0 bridgehead atoms. The van der Waals surface area contributed by atoms with Crippen molar-refractivity contribution in [2.75, 3.05) is 34.2 Å². The molecule has 1 saturated heterocycles. The number of hydrogen-bond acceptors (Lipinski definition) is 7. The van der Waals surface area contributed by atoms with Crippen LogP contribution in [0.15, 0.2) is 30.3 Å². The van der Waals surface area contributed by atoms with E-state index in [4.69, 9.17) is 0 Å². The number of Topliss-reactive ketones (excluding diaryl/α,β-unsaturated/α-hetero) is 1. The van der Waals surface area contributed by atoms with Crippen LogP contribution in [0, 0.1) is 0 Å². The van der Waals surface area contributed by atoms with E-state index in [1.807, 2.05) is 6.92 Å². The van der Waals surface area contributed by atoms with Crippen molar-refractivity contribution in [1.29, 1.82) is 0 Å². The first-order valence-corrected chi connectivity index (χ1v) is 11.6. The van der Waals surface area contributed by atoms with Crippen molar-refractivity contribution < 1.29 is 29.1 Å². The lowest BCUT2D eigenvalue weighted by Crippen LogP contribution is -2.55. The number of aliphatic hydroxyl groups excluding tert-OH is 1. The van der Waals surface area contributed by atoms with Gasteiger partial charge in [-0.3, -0.25) is 28.9 Å². The average molecular weight is 490 g/mol. The predicted octanol–water partition coefficient (Wildman–Crippen LogP) is -1.03. The van der Waals surface area contributed by atoms with Crippen LogP contribution in [0.25, 0.3) is 0 Å². The summed E-state index contributed by atoms with van der Waals surface area (Å²) in [5.74, 6) is -2.27. The van der Waals surface area contributed by atoms with Crippen molar-refractivity contribution in [3.63, 3.8) is 0 Å². The molecule has 1 heterocycles. The predicted molar refractivity (Wildman–Crippen MR) is 128 cm³/mol. The van der Waals surface area contributed by atoms with E-state index in [9.17, 15) is 29.1 Å². The van der Waals surface area contributed by atoms with Gasteiger partial charge < -0.3 is 26.0 Å². The Morgan fingerprint density at radius 1 is 1.14 bits per heavy atom. The zero-order valence-electron chi connectivity index (χ0n) is 20.6. The number of carbonyl (C=O) groups excluding carboxylic acids is 5. The van der Waals surface area contributed by atoms with Gasteiger partial charge in [0.1, 0.15) is 11.8 Å². The van der Waals surface area contributed by atoms with Gasteiger partial charge in [0.05, 0.1) is 25.2 Å². The normalized spacial score (nSPS) is 18.3. The summed E-state index contributed by atoms with van der Waals surface area (Å²) in [6, 6.07) is 6.24. The fraction of sp³-hybridized carbons (Fsp3) is 0.542. The summed E-state index contributed by atoms with van der Waals surface area (Å²) in [5.41, 5.74) is 0.590. The number of amides is 4. The molecule has 0 aromatic heterocycles. The van der Waals surface area contributed by atoms with E-state index in [0.29, 0.717) is 18.4 Å². The van der Waals surface area contributed by atoms with Crippen LogP contribution in [0.4, 0.5) is 0 Å². The number of hydrogen-bond donors (Lipinski definition) is 4. The summed E-state index contributed by atoms with van der Waals surface area (Å²) < 4.78 is 0. The van der Waals surface area contributed by atoms with Gasteiger partial charge >= 0.3 is 0 Å². The van der Waals surface area contributed by atoms with Crippen molar-refractivity contribution in [2.45, 2.75) is 50.4 Å². The molecule has 2 unspecified atom stereocenters. The lowest BCUT2D eigenvalue weighted by atomic mass is 10.0. The Kier molecular flexibility index (Phi) is 10.3. The Hall–Kier alpha value is -3.31. The van der Waals surface area contributed by atoms with Gasteiger partial charge in [-0.25, -0.2) is 0 Å². The third-order valence-corrected chi connectivity index (χ3v) is 5.81. The largest absolute Gasteiger partial charge is 0.381 e. The third-order valence-electron chi connectivity index (χ3n) is 5.81. The molecular weight excluding hydrogens is 454 g/mol. The van der Waals surface area contributed by atoms with Crippen molar-refractivity contribution in [2.24, 2.45) is 0 Å². The van der Waals surface area contributed by atoms with Gasteiger partial charge in [0, 0.05) is 20.5 Å². The van der Waals surface area contributed by atoms with E-state index in [1.165, 1.54) is 4.90 Å². The van der Waals surface area contributed by atoms with Crippen LogP contribution in [0.1, 0.15) is 37.8 Å². The molecule has 1 aliphatic rings. The highest BCUT2D eigenvalue weighted by molar-refractivity contribution is 5.94. The summed E-state index contributed by atoms with van der Waals surface area (Å²) in [6.45, 7) is 1.55. The number of likely N-dealkylation sites (N-methyl/N-ethyl adjacent to an activating group) is 2. The fourth-order valence-corrected chi connectivity index (χ4v) is 3.87.